The van der Waals surface area contributed by atoms with E-state index in [0.29, 0.717) is 12.1 Å². The van der Waals surface area contributed by atoms with Gasteiger partial charge in [-0.3, -0.25) is 4.79 Å². The summed E-state index contributed by atoms with van der Waals surface area (Å²) in [6.07, 6.45) is 4.73. The lowest BCUT2D eigenvalue weighted by atomic mass is 9.89. The summed E-state index contributed by atoms with van der Waals surface area (Å²) in [4.78, 5) is 12.6. The van der Waals surface area contributed by atoms with Crippen molar-refractivity contribution in [2.24, 2.45) is 0 Å². The summed E-state index contributed by atoms with van der Waals surface area (Å²) in [5.41, 5.74) is 0. The Labute approximate surface area is 85.3 Å². The van der Waals surface area contributed by atoms with Crippen molar-refractivity contribution in [2.75, 3.05) is 20.6 Å². The summed E-state index contributed by atoms with van der Waals surface area (Å²) in [6, 6.07) is 0.831. The largest absolute Gasteiger partial charge is 0.480 e. The SMILES string of the molecule is CN(C)[C@H]1CCCC[C@@H]1NCC(=O)O. The predicted octanol–water partition coefficient (Wildman–Crippen LogP) is 0.533. The monoisotopic (exact) mass is 200 g/mol. The van der Waals surface area contributed by atoms with Gasteiger partial charge in [0.15, 0.2) is 0 Å². The van der Waals surface area contributed by atoms with Crippen LogP contribution in [0, 0.1) is 0 Å². The van der Waals surface area contributed by atoms with Crippen LogP contribution in [0.15, 0.2) is 0 Å². The maximum Gasteiger partial charge on any atom is 0.317 e. The van der Waals surface area contributed by atoms with Crippen molar-refractivity contribution in [1.82, 2.24) is 10.2 Å². The molecular formula is C10H20N2O2. The molecule has 2 atom stereocenters. The number of carboxylic acid groups (broad SMARTS) is 1. The lowest BCUT2D eigenvalue weighted by molar-refractivity contribution is -0.136. The summed E-state index contributed by atoms with van der Waals surface area (Å²) in [5, 5.41) is 11.7. The van der Waals surface area contributed by atoms with E-state index in [1.807, 2.05) is 0 Å². The Morgan fingerprint density at radius 2 is 2.07 bits per heavy atom. The molecular weight excluding hydrogens is 180 g/mol. The van der Waals surface area contributed by atoms with Gasteiger partial charge in [-0.15, -0.1) is 0 Å². The number of aliphatic carboxylic acids is 1. The van der Waals surface area contributed by atoms with Gasteiger partial charge in [0.1, 0.15) is 0 Å². The van der Waals surface area contributed by atoms with Crippen LogP contribution < -0.4 is 5.32 Å². The van der Waals surface area contributed by atoms with Crippen molar-refractivity contribution in [1.29, 1.82) is 0 Å². The molecule has 0 aromatic heterocycles. The molecule has 14 heavy (non-hydrogen) atoms. The maximum atomic E-state index is 10.4. The molecule has 0 amide bonds. The van der Waals surface area contributed by atoms with Crippen LogP contribution in [-0.4, -0.2) is 48.7 Å². The van der Waals surface area contributed by atoms with E-state index in [1.54, 1.807) is 0 Å². The second-order valence-corrected chi connectivity index (χ2v) is 4.20. The van der Waals surface area contributed by atoms with Crippen molar-refractivity contribution in [3.8, 4) is 0 Å². The van der Waals surface area contributed by atoms with Gasteiger partial charge in [0, 0.05) is 12.1 Å². The zero-order valence-corrected chi connectivity index (χ0v) is 8.99. The first-order valence-electron chi connectivity index (χ1n) is 5.23. The summed E-state index contributed by atoms with van der Waals surface area (Å²) >= 11 is 0. The highest BCUT2D eigenvalue weighted by Crippen LogP contribution is 2.21. The van der Waals surface area contributed by atoms with E-state index in [-0.39, 0.29) is 6.54 Å². The average molecular weight is 200 g/mol. The van der Waals surface area contributed by atoms with Gasteiger partial charge >= 0.3 is 5.97 Å². The van der Waals surface area contributed by atoms with Gasteiger partial charge in [-0.2, -0.15) is 0 Å². The second-order valence-electron chi connectivity index (χ2n) is 4.20. The Bertz CT molecular complexity index is 195. The van der Waals surface area contributed by atoms with E-state index in [9.17, 15) is 4.79 Å². The fraction of sp³-hybridized carbons (Fsp3) is 0.900. The lowest BCUT2D eigenvalue weighted by Crippen LogP contribution is -2.50. The number of rotatable bonds is 4. The fourth-order valence-corrected chi connectivity index (χ4v) is 2.19. The molecule has 1 rings (SSSR count). The first kappa shape index (κ1) is 11.5. The van der Waals surface area contributed by atoms with Crippen LogP contribution in [-0.2, 0) is 4.79 Å². The Morgan fingerprint density at radius 3 is 2.64 bits per heavy atom. The van der Waals surface area contributed by atoms with Gasteiger partial charge in [0.25, 0.3) is 0 Å². The van der Waals surface area contributed by atoms with E-state index in [1.165, 1.54) is 19.3 Å². The average Bonchev–Trinajstić information content (AvgIpc) is 2.15. The van der Waals surface area contributed by atoms with Crippen LogP contribution in [0.2, 0.25) is 0 Å². The molecule has 0 unspecified atom stereocenters. The zero-order valence-electron chi connectivity index (χ0n) is 8.99. The number of hydrogen-bond acceptors (Lipinski definition) is 3. The molecule has 82 valence electrons. The maximum absolute atomic E-state index is 10.4. The fourth-order valence-electron chi connectivity index (χ4n) is 2.19. The summed E-state index contributed by atoms with van der Waals surface area (Å²) in [5.74, 6) is -0.770. The Hall–Kier alpha value is -0.610. The van der Waals surface area contributed by atoms with Crippen LogP contribution in [0.1, 0.15) is 25.7 Å². The van der Waals surface area contributed by atoms with Crippen molar-refractivity contribution in [2.45, 2.75) is 37.8 Å². The van der Waals surface area contributed by atoms with E-state index >= 15 is 0 Å². The number of likely N-dealkylation sites (N-methyl/N-ethyl adjacent to an activating group) is 1. The molecule has 1 saturated carbocycles. The third-order valence-electron chi connectivity index (χ3n) is 2.91. The molecule has 0 radical (unpaired) electrons. The first-order chi connectivity index (χ1) is 6.61. The molecule has 0 heterocycles. The summed E-state index contributed by atoms with van der Waals surface area (Å²) < 4.78 is 0. The highest BCUT2D eigenvalue weighted by molar-refractivity contribution is 5.69. The van der Waals surface area contributed by atoms with Crippen molar-refractivity contribution >= 4 is 5.97 Å². The zero-order chi connectivity index (χ0) is 10.6. The molecule has 0 saturated heterocycles. The summed E-state index contributed by atoms with van der Waals surface area (Å²) in [6.45, 7) is 0.0784. The lowest BCUT2D eigenvalue weighted by Gasteiger charge is -2.36. The molecule has 0 bridgehead atoms. The van der Waals surface area contributed by atoms with Gasteiger partial charge in [-0.05, 0) is 26.9 Å². The second kappa shape index (κ2) is 5.32. The molecule has 0 aromatic carbocycles. The number of carboxylic acids is 1. The number of nitrogens with one attached hydrogen (secondary N) is 1. The van der Waals surface area contributed by atoms with Gasteiger partial charge in [-0.25, -0.2) is 0 Å². The first-order valence-corrected chi connectivity index (χ1v) is 5.23. The highest BCUT2D eigenvalue weighted by Gasteiger charge is 2.26. The smallest absolute Gasteiger partial charge is 0.317 e. The molecule has 2 N–H and O–H groups in total. The molecule has 4 nitrogen and oxygen atoms in total. The number of hydrogen-bond donors (Lipinski definition) is 2. The van der Waals surface area contributed by atoms with Crippen LogP contribution in [0.3, 0.4) is 0 Å². The third-order valence-corrected chi connectivity index (χ3v) is 2.91. The summed E-state index contributed by atoms with van der Waals surface area (Å²) in [7, 11) is 4.12. The van der Waals surface area contributed by atoms with E-state index in [2.05, 4.69) is 24.3 Å². The van der Waals surface area contributed by atoms with Gasteiger partial charge in [-0.1, -0.05) is 12.8 Å². The van der Waals surface area contributed by atoms with Gasteiger partial charge in [0.05, 0.1) is 6.54 Å². The highest BCUT2D eigenvalue weighted by atomic mass is 16.4. The molecule has 0 spiro atoms. The van der Waals surface area contributed by atoms with Crippen LogP contribution in [0.25, 0.3) is 0 Å². The van der Waals surface area contributed by atoms with Crippen molar-refractivity contribution < 1.29 is 9.90 Å². The molecule has 0 aromatic rings. The molecule has 0 aliphatic heterocycles. The predicted molar refractivity (Wildman–Crippen MR) is 55.4 cm³/mol. The Kier molecular flexibility index (Phi) is 4.35. The molecule has 1 fully saturated rings. The van der Waals surface area contributed by atoms with Crippen molar-refractivity contribution in [3.05, 3.63) is 0 Å². The minimum Gasteiger partial charge on any atom is -0.480 e. The van der Waals surface area contributed by atoms with E-state index < -0.39 is 5.97 Å². The van der Waals surface area contributed by atoms with Crippen LogP contribution >= 0.6 is 0 Å². The number of carbonyl (C=O) groups is 1. The van der Waals surface area contributed by atoms with E-state index in [0.717, 1.165) is 6.42 Å². The molecule has 1 aliphatic carbocycles. The minimum atomic E-state index is -0.770. The normalized spacial score (nSPS) is 27.9. The van der Waals surface area contributed by atoms with Crippen LogP contribution in [0.4, 0.5) is 0 Å². The number of nitrogens with zero attached hydrogens (tertiary/aromatic N) is 1. The van der Waals surface area contributed by atoms with Gasteiger partial charge < -0.3 is 15.3 Å². The molecule has 4 heteroatoms. The minimum absolute atomic E-state index is 0.0784. The topological polar surface area (TPSA) is 52.6 Å². The Balaban J connectivity index is 2.41. The Morgan fingerprint density at radius 1 is 1.43 bits per heavy atom. The van der Waals surface area contributed by atoms with Crippen LogP contribution in [0.5, 0.6) is 0 Å². The van der Waals surface area contributed by atoms with Crippen molar-refractivity contribution in [3.63, 3.8) is 0 Å². The van der Waals surface area contributed by atoms with E-state index in [4.69, 9.17) is 5.11 Å². The molecule has 1 aliphatic rings. The van der Waals surface area contributed by atoms with Gasteiger partial charge in [0.2, 0.25) is 0 Å². The third kappa shape index (κ3) is 3.27. The standard InChI is InChI=1S/C10H20N2O2/c1-12(2)9-6-4-3-5-8(9)11-7-10(13)14/h8-9,11H,3-7H2,1-2H3,(H,13,14)/t8-,9-/m0/s1. The quantitative estimate of drug-likeness (QED) is 0.695.